The van der Waals surface area contributed by atoms with Crippen LogP contribution in [0.1, 0.15) is 24.1 Å². The lowest BCUT2D eigenvalue weighted by Gasteiger charge is -2.21. The summed E-state index contributed by atoms with van der Waals surface area (Å²) in [5.41, 5.74) is 0.690. The predicted molar refractivity (Wildman–Crippen MR) is 74.8 cm³/mol. The Kier molecular flexibility index (Phi) is 4.85. The molecule has 1 N–H and O–H groups in total. The monoisotopic (exact) mass is 295 g/mol. The van der Waals surface area contributed by atoms with E-state index in [-0.39, 0.29) is 5.56 Å². The van der Waals surface area contributed by atoms with Crippen molar-refractivity contribution in [1.82, 2.24) is 5.32 Å². The van der Waals surface area contributed by atoms with E-state index in [2.05, 4.69) is 5.32 Å². The third-order valence-electron chi connectivity index (χ3n) is 3.17. The van der Waals surface area contributed by atoms with E-state index in [4.69, 9.17) is 4.74 Å². The minimum Gasteiger partial charge on any atom is -0.494 e. The van der Waals surface area contributed by atoms with E-state index in [1.165, 1.54) is 0 Å². The Morgan fingerprint density at radius 3 is 2.33 bits per heavy atom. The highest BCUT2D eigenvalue weighted by Gasteiger charge is 2.22. The molecule has 0 amide bonds. The number of halogens is 3. The number of rotatable bonds is 5. The molecule has 0 radical (unpaired) electrons. The molecule has 0 saturated heterocycles. The summed E-state index contributed by atoms with van der Waals surface area (Å²) in [4.78, 5) is 0. The maximum Gasteiger partial charge on any atom is 0.161 e. The smallest absolute Gasteiger partial charge is 0.161 e. The van der Waals surface area contributed by atoms with Gasteiger partial charge in [-0.2, -0.15) is 0 Å². The van der Waals surface area contributed by atoms with E-state index in [1.807, 2.05) is 6.92 Å². The van der Waals surface area contributed by atoms with Crippen LogP contribution < -0.4 is 10.1 Å². The number of benzene rings is 2. The van der Waals surface area contributed by atoms with Crippen LogP contribution in [0.4, 0.5) is 13.2 Å². The van der Waals surface area contributed by atoms with Gasteiger partial charge in [0.1, 0.15) is 11.6 Å². The average Bonchev–Trinajstić information content (AvgIpc) is 2.47. The summed E-state index contributed by atoms with van der Waals surface area (Å²) >= 11 is 0. The Labute approximate surface area is 121 Å². The second-order valence-electron chi connectivity index (χ2n) is 4.48. The fourth-order valence-electron chi connectivity index (χ4n) is 2.24. The Hall–Kier alpha value is -2.01. The van der Waals surface area contributed by atoms with Crippen LogP contribution in [0.5, 0.6) is 5.75 Å². The van der Waals surface area contributed by atoms with Crippen molar-refractivity contribution in [2.45, 2.75) is 13.0 Å². The zero-order valence-corrected chi connectivity index (χ0v) is 11.8. The van der Waals surface area contributed by atoms with Crippen LogP contribution in [-0.4, -0.2) is 13.7 Å². The molecule has 1 atom stereocenters. The zero-order chi connectivity index (χ0) is 15.4. The molecule has 0 fully saturated rings. The SMILES string of the molecule is CCOc1ccccc1C(NC)c1cc(F)c(F)cc1F. The van der Waals surface area contributed by atoms with Gasteiger partial charge in [0.05, 0.1) is 12.6 Å². The first-order valence-corrected chi connectivity index (χ1v) is 6.61. The van der Waals surface area contributed by atoms with E-state index >= 15 is 0 Å². The van der Waals surface area contributed by atoms with Gasteiger partial charge in [-0.3, -0.25) is 0 Å². The van der Waals surface area contributed by atoms with Gasteiger partial charge in [-0.1, -0.05) is 18.2 Å². The van der Waals surface area contributed by atoms with E-state index in [9.17, 15) is 13.2 Å². The van der Waals surface area contributed by atoms with Gasteiger partial charge in [-0.15, -0.1) is 0 Å². The largest absolute Gasteiger partial charge is 0.494 e. The molecule has 21 heavy (non-hydrogen) atoms. The number of para-hydroxylation sites is 1. The summed E-state index contributed by atoms with van der Waals surface area (Å²) in [5, 5.41) is 2.91. The van der Waals surface area contributed by atoms with Crippen molar-refractivity contribution >= 4 is 0 Å². The highest BCUT2D eigenvalue weighted by Crippen LogP contribution is 2.32. The zero-order valence-electron chi connectivity index (χ0n) is 11.8. The number of nitrogens with one attached hydrogen (secondary N) is 1. The van der Waals surface area contributed by atoms with E-state index < -0.39 is 23.5 Å². The number of hydrogen-bond donors (Lipinski definition) is 1. The molecule has 0 aliphatic rings. The van der Waals surface area contributed by atoms with E-state index in [0.717, 1.165) is 6.07 Å². The predicted octanol–water partition coefficient (Wildman–Crippen LogP) is 3.81. The Morgan fingerprint density at radius 1 is 1.00 bits per heavy atom. The minimum absolute atomic E-state index is 0.0311. The first kappa shape index (κ1) is 15.4. The van der Waals surface area contributed by atoms with Crippen molar-refractivity contribution in [2.75, 3.05) is 13.7 Å². The normalized spacial score (nSPS) is 12.2. The topological polar surface area (TPSA) is 21.3 Å². The summed E-state index contributed by atoms with van der Waals surface area (Å²) < 4.78 is 46.0. The first-order chi connectivity index (χ1) is 10.1. The van der Waals surface area contributed by atoms with Crippen LogP contribution in [0.25, 0.3) is 0 Å². The quantitative estimate of drug-likeness (QED) is 0.847. The lowest BCUT2D eigenvalue weighted by molar-refractivity contribution is 0.333. The van der Waals surface area contributed by atoms with Crippen LogP contribution >= 0.6 is 0 Å². The molecule has 2 nitrogen and oxygen atoms in total. The molecule has 0 bridgehead atoms. The second-order valence-corrected chi connectivity index (χ2v) is 4.48. The lowest BCUT2D eigenvalue weighted by Crippen LogP contribution is -2.20. The summed E-state index contributed by atoms with van der Waals surface area (Å²) in [6, 6.07) is 7.87. The molecule has 2 aromatic carbocycles. The maximum atomic E-state index is 14.0. The van der Waals surface area contributed by atoms with Gasteiger partial charge in [0.2, 0.25) is 0 Å². The summed E-state index contributed by atoms with van der Waals surface area (Å²) in [5.74, 6) is -2.52. The van der Waals surface area contributed by atoms with Crippen molar-refractivity contribution < 1.29 is 17.9 Å². The van der Waals surface area contributed by atoms with Crippen molar-refractivity contribution in [3.8, 4) is 5.75 Å². The Morgan fingerprint density at radius 2 is 1.67 bits per heavy atom. The number of hydrogen-bond acceptors (Lipinski definition) is 2. The van der Waals surface area contributed by atoms with Crippen LogP contribution in [0, 0.1) is 17.5 Å². The first-order valence-electron chi connectivity index (χ1n) is 6.61. The fourth-order valence-corrected chi connectivity index (χ4v) is 2.24. The van der Waals surface area contributed by atoms with Crippen LogP contribution in [0.2, 0.25) is 0 Å². The van der Waals surface area contributed by atoms with E-state index in [0.29, 0.717) is 24.0 Å². The molecule has 0 spiro atoms. The minimum atomic E-state index is -1.20. The maximum absolute atomic E-state index is 14.0. The van der Waals surface area contributed by atoms with Gasteiger partial charge in [0.25, 0.3) is 0 Å². The molecule has 112 valence electrons. The molecule has 1 unspecified atom stereocenters. The molecule has 2 aromatic rings. The highest BCUT2D eigenvalue weighted by atomic mass is 19.2. The van der Waals surface area contributed by atoms with E-state index in [1.54, 1.807) is 31.3 Å². The van der Waals surface area contributed by atoms with Gasteiger partial charge in [-0.25, -0.2) is 13.2 Å². The van der Waals surface area contributed by atoms with Crippen LogP contribution in [-0.2, 0) is 0 Å². The van der Waals surface area contributed by atoms with Gasteiger partial charge < -0.3 is 10.1 Å². The highest BCUT2D eigenvalue weighted by molar-refractivity contribution is 5.42. The van der Waals surface area contributed by atoms with Crippen molar-refractivity contribution in [2.24, 2.45) is 0 Å². The Balaban J connectivity index is 2.52. The lowest BCUT2D eigenvalue weighted by atomic mass is 9.97. The summed E-state index contributed by atoms with van der Waals surface area (Å²) in [6.07, 6.45) is 0. The molecule has 0 aromatic heterocycles. The average molecular weight is 295 g/mol. The third kappa shape index (κ3) is 3.19. The molecular formula is C16H16F3NO. The second kappa shape index (κ2) is 6.63. The fraction of sp³-hybridized carbons (Fsp3) is 0.250. The van der Waals surface area contributed by atoms with Crippen LogP contribution in [0.3, 0.4) is 0 Å². The van der Waals surface area contributed by atoms with Gasteiger partial charge in [0, 0.05) is 17.2 Å². The molecular weight excluding hydrogens is 279 g/mol. The summed E-state index contributed by atoms with van der Waals surface area (Å²) in [7, 11) is 1.62. The van der Waals surface area contributed by atoms with Crippen molar-refractivity contribution in [1.29, 1.82) is 0 Å². The molecule has 2 rings (SSSR count). The molecule has 0 heterocycles. The standard InChI is InChI=1S/C16H16F3NO/c1-3-21-15-7-5-4-6-10(15)16(20-2)11-8-13(18)14(19)9-12(11)17/h4-9,16,20H,3H2,1-2H3. The molecule has 0 saturated carbocycles. The molecule has 0 aliphatic carbocycles. The van der Waals surface area contributed by atoms with Gasteiger partial charge in [0.15, 0.2) is 11.6 Å². The summed E-state index contributed by atoms with van der Waals surface area (Å²) in [6.45, 7) is 2.29. The van der Waals surface area contributed by atoms with Crippen molar-refractivity contribution in [3.05, 3.63) is 65.0 Å². The molecule has 0 aliphatic heterocycles. The van der Waals surface area contributed by atoms with Gasteiger partial charge >= 0.3 is 0 Å². The van der Waals surface area contributed by atoms with Crippen LogP contribution in [0.15, 0.2) is 36.4 Å². The van der Waals surface area contributed by atoms with Gasteiger partial charge in [-0.05, 0) is 26.1 Å². The third-order valence-corrected chi connectivity index (χ3v) is 3.17. The molecule has 5 heteroatoms. The number of ether oxygens (including phenoxy) is 1. The Bertz CT molecular complexity index is 631. The van der Waals surface area contributed by atoms with Crippen molar-refractivity contribution in [3.63, 3.8) is 0 Å².